The number of rotatable bonds is 9. The molecule has 156 valence electrons. The number of amides is 1. The zero-order chi connectivity index (χ0) is 20.8. The molecule has 1 atom stereocenters. The van der Waals surface area contributed by atoms with Crippen LogP contribution in [0, 0.1) is 0 Å². The van der Waals surface area contributed by atoms with Crippen molar-refractivity contribution in [1.82, 2.24) is 20.0 Å². The minimum atomic E-state index is 0.247. The van der Waals surface area contributed by atoms with Gasteiger partial charge in [0.05, 0.1) is 12.8 Å². The Balaban J connectivity index is 1.32. The summed E-state index contributed by atoms with van der Waals surface area (Å²) in [6, 6.07) is 18.5. The Morgan fingerprint density at radius 1 is 1.13 bits per heavy atom. The van der Waals surface area contributed by atoms with E-state index in [2.05, 4.69) is 28.6 Å². The highest BCUT2D eigenvalue weighted by molar-refractivity contribution is 5.78. The van der Waals surface area contributed by atoms with Gasteiger partial charge in [0, 0.05) is 37.9 Å². The minimum absolute atomic E-state index is 0.247. The van der Waals surface area contributed by atoms with Crippen molar-refractivity contribution in [3.05, 3.63) is 78.1 Å². The monoisotopic (exact) mass is 404 g/mol. The maximum atomic E-state index is 12.5. The van der Waals surface area contributed by atoms with E-state index in [1.807, 2.05) is 52.2 Å². The lowest BCUT2D eigenvalue weighted by Gasteiger charge is -2.25. The molecule has 1 fully saturated rings. The van der Waals surface area contributed by atoms with Crippen LogP contribution in [0.25, 0.3) is 5.69 Å². The van der Waals surface area contributed by atoms with E-state index in [4.69, 9.17) is 4.74 Å². The molecule has 30 heavy (non-hydrogen) atoms. The quantitative estimate of drug-likeness (QED) is 0.554. The van der Waals surface area contributed by atoms with Gasteiger partial charge in [-0.25, -0.2) is 4.68 Å². The summed E-state index contributed by atoms with van der Waals surface area (Å²) in [5.74, 6) is 1.12. The van der Waals surface area contributed by atoms with Gasteiger partial charge in [0.1, 0.15) is 5.75 Å². The average molecular weight is 405 g/mol. The van der Waals surface area contributed by atoms with Gasteiger partial charge in [-0.15, -0.1) is 0 Å². The van der Waals surface area contributed by atoms with Gasteiger partial charge in [0.15, 0.2) is 0 Å². The maximum Gasteiger partial charge on any atom is 0.223 e. The molecular formula is C24H28N4O2. The number of carbonyl (C=O) groups excluding carboxylic acids is 1. The fourth-order valence-electron chi connectivity index (χ4n) is 4.01. The van der Waals surface area contributed by atoms with Crippen LogP contribution in [0.3, 0.4) is 0 Å². The molecule has 0 radical (unpaired) electrons. The highest BCUT2D eigenvalue weighted by Crippen LogP contribution is 2.24. The molecule has 0 aliphatic carbocycles. The summed E-state index contributed by atoms with van der Waals surface area (Å²) in [5.41, 5.74) is 3.34. The summed E-state index contributed by atoms with van der Waals surface area (Å²) in [6.45, 7) is 2.32. The Morgan fingerprint density at radius 3 is 2.83 bits per heavy atom. The third kappa shape index (κ3) is 4.89. The smallest absolute Gasteiger partial charge is 0.223 e. The molecule has 1 aliphatic heterocycles. The van der Waals surface area contributed by atoms with Gasteiger partial charge in [-0.3, -0.25) is 4.79 Å². The van der Waals surface area contributed by atoms with E-state index in [1.54, 1.807) is 13.3 Å². The van der Waals surface area contributed by atoms with Crippen molar-refractivity contribution < 1.29 is 9.53 Å². The van der Waals surface area contributed by atoms with Crippen LogP contribution in [-0.4, -0.2) is 40.3 Å². The second kappa shape index (κ2) is 9.59. The lowest BCUT2D eigenvalue weighted by molar-refractivity contribution is -0.129. The Morgan fingerprint density at radius 2 is 2.00 bits per heavy atom. The van der Waals surface area contributed by atoms with Gasteiger partial charge in [0.2, 0.25) is 5.91 Å². The second-order valence-corrected chi connectivity index (χ2v) is 7.65. The minimum Gasteiger partial charge on any atom is -0.497 e. The van der Waals surface area contributed by atoms with Crippen LogP contribution in [0.5, 0.6) is 5.75 Å². The van der Waals surface area contributed by atoms with Crippen molar-refractivity contribution in [3.8, 4) is 11.4 Å². The van der Waals surface area contributed by atoms with Gasteiger partial charge in [-0.1, -0.05) is 24.3 Å². The molecule has 3 aromatic rings. The molecule has 6 nitrogen and oxygen atoms in total. The first-order chi connectivity index (χ1) is 14.7. The molecule has 0 spiro atoms. The molecule has 1 saturated heterocycles. The summed E-state index contributed by atoms with van der Waals surface area (Å²) in [6.07, 6.45) is 6.22. The number of likely N-dealkylation sites (tertiary alicyclic amines) is 1. The van der Waals surface area contributed by atoms with Gasteiger partial charge in [-0.2, -0.15) is 5.10 Å². The summed E-state index contributed by atoms with van der Waals surface area (Å²) in [5, 5.41) is 7.80. The molecule has 0 unspecified atom stereocenters. The molecule has 1 amide bonds. The van der Waals surface area contributed by atoms with E-state index in [1.165, 1.54) is 5.56 Å². The third-order valence-corrected chi connectivity index (χ3v) is 5.60. The topological polar surface area (TPSA) is 59.4 Å². The standard InChI is InChI=1S/C24H28N4O2/c1-30-23-8-3-5-19(16-23)17-25-13-11-21-9-10-24(29)27(21)18-20-6-2-7-22(15-20)28-14-4-12-26-28/h2-8,12,14-16,21,25H,9-11,13,17-18H2,1H3/t21-/m0/s1. The molecule has 0 saturated carbocycles. The van der Waals surface area contributed by atoms with Crippen LogP contribution in [0.4, 0.5) is 0 Å². The zero-order valence-electron chi connectivity index (χ0n) is 17.3. The molecule has 2 aromatic carbocycles. The van der Waals surface area contributed by atoms with E-state index in [-0.39, 0.29) is 11.9 Å². The van der Waals surface area contributed by atoms with E-state index in [9.17, 15) is 4.79 Å². The van der Waals surface area contributed by atoms with Crippen LogP contribution < -0.4 is 10.1 Å². The highest BCUT2D eigenvalue weighted by Gasteiger charge is 2.30. The molecule has 2 heterocycles. The number of methoxy groups -OCH3 is 1. The molecular weight excluding hydrogens is 376 g/mol. The first kappa shape index (κ1) is 20.2. The van der Waals surface area contributed by atoms with E-state index in [0.717, 1.165) is 42.9 Å². The van der Waals surface area contributed by atoms with Gasteiger partial charge >= 0.3 is 0 Å². The summed E-state index contributed by atoms with van der Waals surface area (Å²) < 4.78 is 7.12. The van der Waals surface area contributed by atoms with Gasteiger partial charge in [-0.05, 0) is 60.8 Å². The van der Waals surface area contributed by atoms with Crippen LogP contribution in [0.1, 0.15) is 30.4 Å². The summed E-state index contributed by atoms with van der Waals surface area (Å²) in [7, 11) is 1.68. The van der Waals surface area contributed by atoms with Crippen LogP contribution in [0.15, 0.2) is 67.0 Å². The fourth-order valence-corrected chi connectivity index (χ4v) is 4.01. The number of carbonyl (C=O) groups is 1. The van der Waals surface area contributed by atoms with Gasteiger partial charge < -0.3 is 15.0 Å². The van der Waals surface area contributed by atoms with E-state index >= 15 is 0 Å². The molecule has 1 N–H and O–H groups in total. The predicted molar refractivity (Wildman–Crippen MR) is 116 cm³/mol. The van der Waals surface area contributed by atoms with Gasteiger partial charge in [0.25, 0.3) is 0 Å². The van der Waals surface area contributed by atoms with Crippen LogP contribution in [0.2, 0.25) is 0 Å². The third-order valence-electron chi connectivity index (χ3n) is 5.60. The molecule has 1 aromatic heterocycles. The number of aromatic nitrogens is 2. The van der Waals surface area contributed by atoms with Crippen molar-refractivity contribution in [2.45, 2.75) is 38.4 Å². The molecule has 6 heteroatoms. The van der Waals surface area contributed by atoms with E-state index < -0.39 is 0 Å². The highest BCUT2D eigenvalue weighted by atomic mass is 16.5. The van der Waals surface area contributed by atoms with Crippen molar-refractivity contribution in [3.63, 3.8) is 0 Å². The van der Waals surface area contributed by atoms with Crippen LogP contribution >= 0.6 is 0 Å². The maximum absolute atomic E-state index is 12.5. The number of nitrogens with zero attached hydrogens (tertiary/aromatic N) is 3. The summed E-state index contributed by atoms with van der Waals surface area (Å²) in [4.78, 5) is 14.5. The molecule has 0 bridgehead atoms. The van der Waals surface area contributed by atoms with Crippen LogP contribution in [-0.2, 0) is 17.9 Å². The predicted octanol–water partition coefficient (Wildman–Crippen LogP) is 3.55. The first-order valence-electron chi connectivity index (χ1n) is 10.4. The Hall–Kier alpha value is -3.12. The van der Waals surface area contributed by atoms with Crippen molar-refractivity contribution in [2.75, 3.05) is 13.7 Å². The Bertz CT molecular complexity index is 971. The first-order valence-corrected chi connectivity index (χ1v) is 10.4. The van der Waals surface area contributed by atoms with Crippen molar-refractivity contribution in [1.29, 1.82) is 0 Å². The zero-order valence-corrected chi connectivity index (χ0v) is 17.3. The number of nitrogens with one attached hydrogen (secondary N) is 1. The number of ether oxygens (including phenoxy) is 1. The molecule has 1 aliphatic rings. The SMILES string of the molecule is COc1cccc(CNCC[C@@H]2CCC(=O)N2Cc2cccc(-n3cccn3)c2)c1. The second-order valence-electron chi connectivity index (χ2n) is 7.65. The number of hydrogen-bond donors (Lipinski definition) is 1. The Kier molecular flexibility index (Phi) is 6.44. The fraction of sp³-hybridized carbons (Fsp3) is 0.333. The Labute approximate surface area is 177 Å². The number of hydrogen-bond acceptors (Lipinski definition) is 4. The van der Waals surface area contributed by atoms with Crippen molar-refractivity contribution >= 4 is 5.91 Å². The van der Waals surface area contributed by atoms with E-state index in [0.29, 0.717) is 13.0 Å². The normalized spacial score (nSPS) is 16.2. The summed E-state index contributed by atoms with van der Waals surface area (Å²) >= 11 is 0. The lowest BCUT2D eigenvalue weighted by Crippen LogP contribution is -2.34. The van der Waals surface area contributed by atoms with Crippen molar-refractivity contribution in [2.24, 2.45) is 0 Å². The number of benzene rings is 2. The largest absolute Gasteiger partial charge is 0.497 e. The average Bonchev–Trinajstić information content (AvgIpc) is 3.43. The molecule has 4 rings (SSSR count). The lowest BCUT2D eigenvalue weighted by atomic mass is 10.1.